The number of aromatic nitrogens is 3. The standard InChI is InChI=1S/C26H33N3O5S/c1-14(2)17-10-19(15(3)4)24(20(11-17)16(5)6)35(32,33)34-25-22-13-29(18-8-9-18)23(30)12-21(22)26(31)28(7)27-25/h10-16,18H,8-9H2,1-7H3. The van der Waals surface area contributed by atoms with E-state index in [1.165, 1.54) is 23.9 Å². The zero-order chi connectivity index (χ0) is 25.8. The lowest BCUT2D eigenvalue weighted by Crippen LogP contribution is -2.26. The van der Waals surface area contributed by atoms with E-state index in [2.05, 4.69) is 18.9 Å². The molecule has 1 aromatic carbocycles. The van der Waals surface area contributed by atoms with Crippen molar-refractivity contribution in [2.45, 2.75) is 83.1 Å². The number of nitrogens with zero attached hydrogens (tertiary/aromatic N) is 3. The van der Waals surface area contributed by atoms with Crippen LogP contribution in [-0.4, -0.2) is 22.8 Å². The Hall–Kier alpha value is -2.94. The topological polar surface area (TPSA) is 100 Å². The van der Waals surface area contributed by atoms with Crippen molar-refractivity contribution in [1.29, 1.82) is 0 Å². The molecule has 4 rings (SSSR count). The third-order valence-corrected chi connectivity index (χ3v) is 7.88. The summed E-state index contributed by atoms with van der Waals surface area (Å²) < 4.78 is 35.9. The fourth-order valence-electron chi connectivity index (χ4n) is 4.33. The molecule has 1 aliphatic rings. The molecule has 0 unspecified atom stereocenters. The Bertz CT molecular complexity index is 1500. The van der Waals surface area contributed by atoms with Gasteiger partial charge in [-0.25, -0.2) is 4.68 Å². The van der Waals surface area contributed by atoms with Crippen LogP contribution in [0.5, 0.6) is 5.88 Å². The van der Waals surface area contributed by atoms with Crippen LogP contribution in [0.1, 0.15) is 94.9 Å². The Kier molecular flexibility index (Phi) is 6.42. The smallest absolute Gasteiger partial charge is 0.341 e. The van der Waals surface area contributed by atoms with Gasteiger partial charge >= 0.3 is 10.1 Å². The molecule has 35 heavy (non-hydrogen) atoms. The number of hydrogen-bond donors (Lipinski definition) is 0. The first kappa shape index (κ1) is 25.2. The summed E-state index contributed by atoms with van der Waals surface area (Å²) in [5, 5.41) is 4.43. The number of aryl methyl sites for hydroxylation is 1. The van der Waals surface area contributed by atoms with E-state index in [4.69, 9.17) is 4.18 Å². The predicted molar refractivity (Wildman–Crippen MR) is 136 cm³/mol. The van der Waals surface area contributed by atoms with E-state index in [-0.39, 0.29) is 50.9 Å². The van der Waals surface area contributed by atoms with E-state index in [0.717, 1.165) is 23.1 Å². The molecule has 0 aliphatic heterocycles. The second kappa shape index (κ2) is 8.93. The predicted octanol–water partition coefficient (Wildman–Crippen LogP) is 4.57. The third kappa shape index (κ3) is 4.66. The van der Waals surface area contributed by atoms with E-state index in [1.807, 2.05) is 39.8 Å². The molecule has 1 fully saturated rings. The highest BCUT2D eigenvalue weighted by molar-refractivity contribution is 7.87. The molecule has 1 aliphatic carbocycles. The fraction of sp³-hybridized carbons (Fsp3) is 0.500. The van der Waals surface area contributed by atoms with Crippen molar-refractivity contribution in [3.8, 4) is 5.88 Å². The largest absolute Gasteiger partial charge is 0.356 e. The Morgan fingerprint density at radius 1 is 0.914 bits per heavy atom. The number of pyridine rings is 1. The van der Waals surface area contributed by atoms with E-state index in [9.17, 15) is 18.0 Å². The number of rotatable bonds is 7. The van der Waals surface area contributed by atoms with Gasteiger partial charge in [0.15, 0.2) is 0 Å². The van der Waals surface area contributed by atoms with Crippen molar-refractivity contribution in [2.24, 2.45) is 7.05 Å². The Morgan fingerprint density at radius 2 is 1.49 bits per heavy atom. The molecular weight excluding hydrogens is 466 g/mol. The molecule has 2 aromatic heterocycles. The Morgan fingerprint density at radius 3 is 1.97 bits per heavy atom. The van der Waals surface area contributed by atoms with Crippen LogP contribution in [0.4, 0.5) is 0 Å². The maximum absolute atomic E-state index is 13.9. The highest BCUT2D eigenvalue weighted by Gasteiger charge is 2.31. The first-order valence-electron chi connectivity index (χ1n) is 12.1. The molecule has 0 radical (unpaired) electrons. The molecule has 8 nitrogen and oxygen atoms in total. The highest BCUT2D eigenvalue weighted by atomic mass is 32.2. The van der Waals surface area contributed by atoms with Gasteiger partial charge in [0.25, 0.3) is 17.0 Å². The lowest BCUT2D eigenvalue weighted by molar-refractivity contribution is 0.463. The molecule has 1 saturated carbocycles. The van der Waals surface area contributed by atoms with E-state index < -0.39 is 15.7 Å². The second-order valence-corrected chi connectivity index (χ2v) is 11.8. The first-order chi connectivity index (χ1) is 16.3. The van der Waals surface area contributed by atoms with Crippen molar-refractivity contribution < 1.29 is 12.6 Å². The minimum Gasteiger partial charge on any atom is -0.356 e. The average Bonchev–Trinajstić information content (AvgIpc) is 3.61. The quantitative estimate of drug-likeness (QED) is 0.442. The van der Waals surface area contributed by atoms with Gasteiger partial charge in [-0.2, -0.15) is 8.42 Å². The molecule has 0 atom stereocenters. The van der Waals surface area contributed by atoms with Gasteiger partial charge in [0, 0.05) is 25.4 Å². The lowest BCUT2D eigenvalue weighted by Gasteiger charge is -2.22. The van der Waals surface area contributed by atoms with Crippen LogP contribution in [-0.2, 0) is 17.2 Å². The van der Waals surface area contributed by atoms with E-state index in [0.29, 0.717) is 11.1 Å². The summed E-state index contributed by atoms with van der Waals surface area (Å²) >= 11 is 0. The molecule has 0 N–H and O–H groups in total. The molecule has 3 aromatic rings. The van der Waals surface area contributed by atoms with Crippen LogP contribution in [0.15, 0.2) is 38.9 Å². The minimum absolute atomic E-state index is 0.0454. The summed E-state index contributed by atoms with van der Waals surface area (Å²) in [5.41, 5.74) is 1.64. The zero-order valence-electron chi connectivity index (χ0n) is 21.3. The van der Waals surface area contributed by atoms with Crippen LogP contribution in [0.2, 0.25) is 0 Å². The summed E-state index contributed by atoms with van der Waals surface area (Å²) in [6, 6.07) is 5.17. The summed E-state index contributed by atoms with van der Waals surface area (Å²) in [6.45, 7) is 12.0. The van der Waals surface area contributed by atoms with Gasteiger partial charge in [0.1, 0.15) is 4.90 Å². The number of benzene rings is 1. The molecule has 0 amide bonds. The summed E-state index contributed by atoms with van der Waals surface area (Å²) in [4.78, 5) is 25.4. The van der Waals surface area contributed by atoms with Crippen molar-refractivity contribution >= 4 is 20.9 Å². The maximum atomic E-state index is 13.9. The van der Waals surface area contributed by atoms with Crippen molar-refractivity contribution in [3.05, 3.63) is 61.8 Å². The van der Waals surface area contributed by atoms with Crippen molar-refractivity contribution in [3.63, 3.8) is 0 Å². The molecular formula is C26H33N3O5S. The second-order valence-electron chi connectivity index (χ2n) is 10.3. The van der Waals surface area contributed by atoms with Gasteiger partial charge in [-0.1, -0.05) is 53.7 Å². The van der Waals surface area contributed by atoms with Crippen molar-refractivity contribution in [2.75, 3.05) is 0 Å². The molecule has 0 saturated heterocycles. The Labute approximate surface area is 205 Å². The normalized spacial score (nSPS) is 14.5. The van der Waals surface area contributed by atoms with Crippen LogP contribution in [0, 0.1) is 0 Å². The maximum Gasteiger partial charge on any atom is 0.341 e. The minimum atomic E-state index is -4.32. The van der Waals surface area contributed by atoms with Gasteiger partial charge in [-0.3, -0.25) is 9.59 Å². The third-order valence-electron chi connectivity index (χ3n) is 6.53. The molecule has 0 bridgehead atoms. The van der Waals surface area contributed by atoms with Crippen LogP contribution in [0.3, 0.4) is 0 Å². The first-order valence-corrected chi connectivity index (χ1v) is 13.5. The SMILES string of the molecule is CC(C)c1cc(C(C)C)c(S(=O)(=O)Oc2nn(C)c(=O)c3cc(=O)n(C4CC4)cc23)c(C(C)C)c1. The average molecular weight is 500 g/mol. The monoisotopic (exact) mass is 499 g/mol. The summed E-state index contributed by atoms with van der Waals surface area (Å²) in [7, 11) is -2.91. The van der Waals surface area contributed by atoms with Gasteiger partial charge in [0.05, 0.1) is 10.8 Å². The van der Waals surface area contributed by atoms with Gasteiger partial charge < -0.3 is 8.75 Å². The summed E-state index contributed by atoms with van der Waals surface area (Å²) in [6.07, 6.45) is 3.22. The van der Waals surface area contributed by atoms with Crippen molar-refractivity contribution in [1.82, 2.24) is 14.3 Å². The van der Waals surface area contributed by atoms with Crippen LogP contribution in [0.25, 0.3) is 10.8 Å². The highest BCUT2D eigenvalue weighted by Crippen LogP contribution is 2.38. The van der Waals surface area contributed by atoms with Crippen LogP contribution < -0.4 is 15.3 Å². The molecule has 2 heterocycles. The molecule has 0 spiro atoms. The van der Waals surface area contributed by atoms with Crippen LogP contribution >= 0.6 is 0 Å². The summed E-state index contributed by atoms with van der Waals surface area (Å²) in [5.74, 6) is -0.112. The van der Waals surface area contributed by atoms with Gasteiger partial charge in [0.2, 0.25) is 0 Å². The number of hydrogen-bond acceptors (Lipinski definition) is 6. The Balaban J connectivity index is 1.96. The van der Waals surface area contributed by atoms with E-state index >= 15 is 0 Å². The van der Waals surface area contributed by atoms with E-state index in [1.54, 1.807) is 0 Å². The lowest BCUT2D eigenvalue weighted by atomic mass is 9.89. The molecule has 9 heteroatoms. The van der Waals surface area contributed by atoms with Gasteiger partial charge in [-0.15, -0.1) is 5.10 Å². The zero-order valence-corrected chi connectivity index (χ0v) is 22.1. The van der Waals surface area contributed by atoms with Gasteiger partial charge in [-0.05, 0) is 47.3 Å². The fourth-order valence-corrected chi connectivity index (χ4v) is 5.91. The molecule has 188 valence electrons. The number of fused-ring (bicyclic) bond motifs is 1.